The van der Waals surface area contributed by atoms with Crippen molar-refractivity contribution in [1.82, 2.24) is 20.4 Å². The molecule has 2 aromatic rings. The van der Waals surface area contributed by atoms with E-state index in [1.165, 1.54) is 11.1 Å². The first-order valence-electron chi connectivity index (χ1n) is 8.52. The minimum Gasteiger partial charge on any atom is -0.349 e. The van der Waals surface area contributed by atoms with Crippen molar-refractivity contribution in [2.45, 2.75) is 32.7 Å². The number of benzene rings is 1. The lowest BCUT2D eigenvalue weighted by atomic mass is 9.90. The maximum absolute atomic E-state index is 12.8. The summed E-state index contributed by atoms with van der Waals surface area (Å²) in [7, 11) is 1.91. The summed E-state index contributed by atoms with van der Waals surface area (Å²) in [5, 5.41) is 10.8. The number of aryl methyl sites for hydroxylation is 3. The van der Waals surface area contributed by atoms with Crippen molar-refractivity contribution in [3.8, 4) is 0 Å². The molecule has 5 nitrogen and oxygen atoms in total. The summed E-state index contributed by atoms with van der Waals surface area (Å²) in [6.07, 6.45) is 3.87. The second-order valence-corrected chi connectivity index (χ2v) is 6.97. The lowest BCUT2D eigenvalue weighted by molar-refractivity contribution is -0.125. The standard InChI is InChI=1S/C19H26N4O.ClH/c1-12-5-13(2)7-15(6-12)14(3)22-19(24)18-10-20-9-17(18)16-8-21-23(4)11-16;/h5-8,11,14,17-18,20H,9-10H2,1-4H3,(H,22,24);1H/t14?,17-,18+;/m1./s1. The molecule has 3 atom stereocenters. The molecule has 0 bridgehead atoms. The Morgan fingerprint density at radius 3 is 2.56 bits per heavy atom. The van der Waals surface area contributed by atoms with Crippen LogP contribution in [-0.2, 0) is 11.8 Å². The first-order valence-corrected chi connectivity index (χ1v) is 8.52. The first-order chi connectivity index (χ1) is 11.4. The maximum atomic E-state index is 12.8. The number of nitrogens with zero attached hydrogens (tertiary/aromatic N) is 2. The second-order valence-electron chi connectivity index (χ2n) is 6.97. The van der Waals surface area contributed by atoms with Gasteiger partial charge in [0.15, 0.2) is 0 Å². The van der Waals surface area contributed by atoms with Gasteiger partial charge in [-0.3, -0.25) is 9.48 Å². The number of carbonyl (C=O) groups is 1. The Balaban J connectivity index is 0.00000225. The predicted octanol–water partition coefficient (Wildman–Crippen LogP) is 2.64. The van der Waals surface area contributed by atoms with E-state index in [9.17, 15) is 4.79 Å². The van der Waals surface area contributed by atoms with Crippen LogP contribution >= 0.6 is 12.4 Å². The van der Waals surface area contributed by atoms with Crippen molar-refractivity contribution >= 4 is 18.3 Å². The fraction of sp³-hybridized carbons (Fsp3) is 0.474. The minimum atomic E-state index is -0.0532. The highest BCUT2D eigenvalue weighted by Crippen LogP contribution is 2.28. The van der Waals surface area contributed by atoms with E-state index in [0.29, 0.717) is 6.54 Å². The molecule has 0 radical (unpaired) electrons. The number of carbonyl (C=O) groups excluding carboxylic acids is 1. The highest BCUT2D eigenvalue weighted by molar-refractivity contribution is 5.85. The highest BCUT2D eigenvalue weighted by atomic mass is 35.5. The molecule has 2 N–H and O–H groups in total. The summed E-state index contributed by atoms with van der Waals surface area (Å²) in [4.78, 5) is 12.8. The van der Waals surface area contributed by atoms with Gasteiger partial charge in [0.1, 0.15) is 0 Å². The second kappa shape index (κ2) is 8.02. The molecule has 136 valence electrons. The van der Waals surface area contributed by atoms with Crippen LogP contribution < -0.4 is 10.6 Å². The molecule has 1 amide bonds. The van der Waals surface area contributed by atoms with Crippen molar-refractivity contribution in [2.24, 2.45) is 13.0 Å². The largest absolute Gasteiger partial charge is 0.349 e. The topological polar surface area (TPSA) is 59.0 Å². The number of hydrogen-bond acceptors (Lipinski definition) is 3. The zero-order chi connectivity index (χ0) is 17.3. The SMILES string of the molecule is Cc1cc(C)cc(C(C)NC(=O)[C@H]2CNC[C@@H]2c2cnn(C)c2)c1.Cl. The monoisotopic (exact) mass is 362 g/mol. The molecule has 2 heterocycles. The third kappa shape index (κ3) is 4.41. The van der Waals surface area contributed by atoms with Crippen molar-refractivity contribution in [3.05, 3.63) is 52.8 Å². The number of amides is 1. The minimum absolute atomic E-state index is 0. The summed E-state index contributed by atoms with van der Waals surface area (Å²) < 4.78 is 1.79. The fourth-order valence-electron chi connectivity index (χ4n) is 3.60. The lowest BCUT2D eigenvalue weighted by Gasteiger charge is -2.21. The summed E-state index contributed by atoms with van der Waals surface area (Å²) in [5.41, 5.74) is 4.73. The van der Waals surface area contributed by atoms with Crippen LogP contribution in [0.15, 0.2) is 30.6 Å². The average molecular weight is 363 g/mol. The predicted molar refractivity (Wildman–Crippen MR) is 102 cm³/mol. The third-order valence-electron chi connectivity index (χ3n) is 4.81. The Bertz CT molecular complexity index is 723. The summed E-state index contributed by atoms with van der Waals surface area (Å²) in [6.45, 7) is 7.76. The van der Waals surface area contributed by atoms with Crippen LogP contribution in [0.4, 0.5) is 0 Å². The van der Waals surface area contributed by atoms with E-state index in [1.54, 1.807) is 4.68 Å². The van der Waals surface area contributed by atoms with Crippen LogP contribution in [0.5, 0.6) is 0 Å². The van der Waals surface area contributed by atoms with E-state index < -0.39 is 0 Å². The van der Waals surface area contributed by atoms with Gasteiger partial charge in [0.25, 0.3) is 0 Å². The molecule has 1 aromatic heterocycles. The van der Waals surface area contributed by atoms with Crippen molar-refractivity contribution in [3.63, 3.8) is 0 Å². The van der Waals surface area contributed by atoms with E-state index in [2.05, 4.69) is 47.8 Å². The Hall–Kier alpha value is -1.85. The van der Waals surface area contributed by atoms with Crippen LogP contribution in [0.3, 0.4) is 0 Å². The zero-order valence-corrected chi connectivity index (χ0v) is 16.1. The molecule has 0 aliphatic carbocycles. The number of rotatable bonds is 4. The van der Waals surface area contributed by atoms with Crippen LogP contribution in [-0.4, -0.2) is 28.8 Å². The molecule has 1 saturated heterocycles. The molecule has 1 fully saturated rings. The molecule has 1 aliphatic heterocycles. The van der Waals surface area contributed by atoms with Gasteiger partial charge in [-0.1, -0.05) is 29.3 Å². The highest BCUT2D eigenvalue weighted by Gasteiger charge is 2.35. The van der Waals surface area contributed by atoms with E-state index in [0.717, 1.165) is 17.7 Å². The maximum Gasteiger partial charge on any atom is 0.225 e. The van der Waals surface area contributed by atoms with Gasteiger partial charge < -0.3 is 10.6 Å². The summed E-state index contributed by atoms with van der Waals surface area (Å²) in [5.74, 6) is 0.244. The number of nitrogens with one attached hydrogen (secondary N) is 2. The van der Waals surface area contributed by atoms with Gasteiger partial charge in [0.05, 0.1) is 18.2 Å². The van der Waals surface area contributed by atoms with Gasteiger partial charge in [-0.25, -0.2) is 0 Å². The van der Waals surface area contributed by atoms with Crippen molar-refractivity contribution in [2.75, 3.05) is 13.1 Å². The molecular formula is C19H27ClN4O. The molecule has 6 heteroatoms. The van der Waals surface area contributed by atoms with E-state index in [1.807, 2.05) is 26.4 Å². The Morgan fingerprint density at radius 1 is 1.28 bits per heavy atom. The van der Waals surface area contributed by atoms with E-state index in [-0.39, 0.29) is 36.2 Å². The van der Waals surface area contributed by atoms with Crippen LogP contribution in [0, 0.1) is 19.8 Å². The summed E-state index contributed by atoms with van der Waals surface area (Å²) in [6, 6.07) is 6.44. The van der Waals surface area contributed by atoms with Gasteiger partial charge in [-0.15, -0.1) is 12.4 Å². The molecule has 0 saturated carbocycles. The fourth-order valence-corrected chi connectivity index (χ4v) is 3.60. The van der Waals surface area contributed by atoms with E-state index in [4.69, 9.17) is 0 Å². The molecule has 3 rings (SSSR count). The first kappa shape index (κ1) is 19.5. The molecule has 0 spiro atoms. The smallest absolute Gasteiger partial charge is 0.225 e. The Kier molecular flexibility index (Phi) is 6.25. The van der Waals surface area contributed by atoms with Gasteiger partial charge in [0.2, 0.25) is 5.91 Å². The molecule has 1 aliphatic rings. The molecule has 1 unspecified atom stereocenters. The zero-order valence-electron chi connectivity index (χ0n) is 15.2. The Labute approximate surface area is 155 Å². The average Bonchev–Trinajstić information content (AvgIpc) is 3.14. The molecular weight excluding hydrogens is 336 g/mol. The van der Waals surface area contributed by atoms with Crippen molar-refractivity contribution < 1.29 is 4.79 Å². The number of halogens is 1. The normalized spacial score (nSPS) is 20.8. The lowest BCUT2D eigenvalue weighted by Crippen LogP contribution is -2.36. The summed E-state index contributed by atoms with van der Waals surface area (Å²) >= 11 is 0. The van der Waals surface area contributed by atoms with Gasteiger partial charge in [-0.2, -0.15) is 5.10 Å². The third-order valence-corrected chi connectivity index (χ3v) is 4.81. The van der Waals surface area contributed by atoms with Crippen LogP contribution in [0.25, 0.3) is 0 Å². The van der Waals surface area contributed by atoms with E-state index >= 15 is 0 Å². The van der Waals surface area contributed by atoms with Gasteiger partial charge >= 0.3 is 0 Å². The van der Waals surface area contributed by atoms with Crippen LogP contribution in [0.2, 0.25) is 0 Å². The molecule has 1 aromatic carbocycles. The molecule has 25 heavy (non-hydrogen) atoms. The van der Waals surface area contributed by atoms with Gasteiger partial charge in [-0.05, 0) is 31.9 Å². The van der Waals surface area contributed by atoms with Crippen molar-refractivity contribution in [1.29, 1.82) is 0 Å². The van der Waals surface area contributed by atoms with Gasteiger partial charge in [0, 0.05) is 32.3 Å². The Morgan fingerprint density at radius 2 is 1.96 bits per heavy atom. The number of aromatic nitrogens is 2. The number of hydrogen-bond donors (Lipinski definition) is 2. The van der Waals surface area contributed by atoms with Crippen LogP contribution in [0.1, 0.15) is 41.1 Å². The quantitative estimate of drug-likeness (QED) is 0.879.